The molecule has 6 nitrogen and oxygen atoms in total. The van der Waals surface area contributed by atoms with Gasteiger partial charge in [0.1, 0.15) is 6.04 Å². The Morgan fingerprint density at radius 1 is 1.35 bits per heavy atom. The van der Waals surface area contributed by atoms with Crippen molar-refractivity contribution in [3.05, 3.63) is 29.6 Å². The monoisotopic (exact) mass is 279 g/mol. The van der Waals surface area contributed by atoms with Gasteiger partial charge in [-0.1, -0.05) is 19.9 Å². The van der Waals surface area contributed by atoms with Gasteiger partial charge in [-0.15, -0.1) is 0 Å². The fourth-order valence-corrected chi connectivity index (χ4v) is 1.69. The fourth-order valence-electron chi connectivity index (χ4n) is 1.69. The Hall–Kier alpha value is -2.11. The number of carboxylic acids is 1. The fraction of sp³-hybridized carbons (Fsp3) is 0.500. The van der Waals surface area contributed by atoms with Crippen molar-refractivity contribution in [2.45, 2.75) is 39.8 Å². The topological polar surface area (TPSA) is 91.3 Å². The lowest BCUT2D eigenvalue weighted by atomic mass is 10.0. The summed E-state index contributed by atoms with van der Waals surface area (Å²) in [6.45, 7) is 6.02. The minimum absolute atomic E-state index is 0.192. The number of carbonyl (C=O) groups excluding carboxylic acids is 1. The average molecular weight is 279 g/mol. The van der Waals surface area contributed by atoms with Crippen LogP contribution in [0.4, 0.5) is 4.79 Å². The van der Waals surface area contributed by atoms with Gasteiger partial charge in [-0.2, -0.15) is 0 Å². The molecule has 0 aromatic carbocycles. The van der Waals surface area contributed by atoms with Crippen molar-refractivity contribution < 1.29 is 14.7 Å². The summed E-state index contributed by atoms with van der Waals surface area (Å²) in [5.74, 6) is -0.830. The van der Waals surface area contributed by atoms with E-state index in [4.69, 9.17) is 5.11 Å². The summed E-state index contributed by atoms with van der Waals surface area (Å²) in [5.41, 5.74) is 1.77. The zero-order valence-corrected chi connectivity index (χ0v) is 12.0. The minimum Gasteiger partial charge on any atom is -0.480 e. The molecule has 3 N–H and O–H groups in total. The zero-order valence-electron chi connectivity index (χ0n) is 12.0. The molecule has 0 saturated heterocycles. The quantitative estimate of drug-likeness (QED) is 0.739. The number of pyridine rings is 1. The number of hydrogen-bond acceptors (Lipinski definition) is 3. The van der Waals surface area contributed by atoms with E-state index in [1.807, 2.05) is 32.9 Å². The van der Waals surface area contributed by atoms with Crippen molar-refractivity contribution in [3.8, 4) is 0 Å². The number of urea groups is 1. The number of aryl methyl sites for hydroxylation is 1. The van der Waals surface area contributed by atoms with Crippen LogP contribution < -0.4 is 10.6 Å². The van der Waals surface area contributed by atoms with Crippen molar-refractivity contribution in [2.75, 3.05) is 0 Å². The van der Waals surface area contributed by atoms with Gasteiger partial charge >= 0.3 is 12.0 Å². The van der Waals surface area contributed by atoms with Gasteiger partial charge in [0.15, 0.2) is 0 Å². The van der Waals surface area contributed by atoms with E-state index in [-0.39, 0.29) is 5.92 Å². The second-order valence-electron chi connectivity index (χ2n) is 5.16. The normalized spacial score (nSPS) is 12.0. The molecule has 0 fully saturated rings. The molecule has 0 spiro atoms. The van der Waals surface area contributed by atoms with Crippen LogP contribution in [0, 0.1) is 12.8 Å². The number of aromatic nitrogens is 1. The lowest BCUT2D eigenvalue weighted by Gasteiger charge is -2.16. The molecular formula is C14H21N3O3. The number of aliphatic carboxylic acids is 1. The number of hydrogen-bond donors (Lipinski definition) is 3. The lowest BCUT2D eigenvalue weighted by Crippen LogP contribution is -2.46. The number of nitrogens with one attached hydrogen (secondary N) is 2. The Kier molecular flexibility index (Phi) is 5.96. The number of rotatable bonds is 6. The van der Waals surface area contributed by atoms with Crippen molar-refractivity contribution >= 4 is 12.0 Å². The number of nitrogens with zero attached hydrogens (tertiary/aromatic N) is 1. The second-order valence-corrected chi connectivity index (χ2v) is 5.16. The van der Waals surface area contributed by atoms with E-state index in [0.29, 0.717) is 13.0 Å². The summed E-state index contributed by atoms with van der Waals surface area (Å²) in [5, 5.41) is 14.1. The Morgan fingerprint density at radius 2 is 2.05 bits per heavy atom. The molecule has 0 aliphatic carbocycles. The molecule has 1 aromatic heterocycles. The van der Waals surface area contributed by atoms with Crippen LogP contribution in [0.15, 0.2) is 18.3 Å². The molecule has 0 radical (unpaired) electrons. The van der Waals surface area contributed by atoms with Crippen LogP contribution in [-0.2, 0) is 11.3 Å². The van der Waals surface area contributed by atoms with E-state index < -0.39 is 18.0 Å². The predicted octanol–water partition coefficient (Wildman–Crippen LogP) is 1.69. The number of carboxylic acid groups (broad SMARTS) is 1. The third kappa shape index (κ3) is 5.69. The van der Waals surface area contributed by atoms with Gasteiger partial charge in [0.2, 0.25) is 0 Å². The highest BCUT2D eigenvalue weighted by Gasteiger charge is 2.20. The van der Waals surface area contributed by atoms with Gasteiger partial charge < -0.3 is 15.7 Å². The molecule has 1 rings (SSSR count). The Bertz CT molecular complexity index is 457. The van der Waals surface area contributed by atoms with Gasteiger partial charge in [0.05, 0.1) is 0 Å². The smallest absolute Gasteiger partial charge is 0.326 e. The van der Waals surface area contributed by atoms with E-state index in [2.05, 4.69) is 15.6 Å². The van der Waals surface area contributed by atoms with E-state index in [0.717, 1.165) is 11.3 Å². The maximum Gasteiger partial charge on any atom is 0.326 e. The van der Waals surface area contributed by atoms with Gasteiger partial charge in [-0.05, 0) is 30.9 Å². The molecule has 20 heavy (non-hydrogen) atoms. The van der Waals surface area contributed by atoms with Crippen LogP contribution in [0.3, 0.4) is 0 Å². The SMILES string of the molecule is Cc1ccc(CNC(=O)N[C@@H](CC(C)C)C(=O)O)cn1. The molecular weight excluding hydrogens is 258 g/mol. The lowest BCUT2D eigenvalue weighted by molar-refractivity contribution is -0.139. The van der Waals surface area contributed by atoms with E-state index in [1.54, 1.807) is 6.20 Å². The van der Waals surface area contributed by atoms with Crippen LogP contribution in [-0.4, -0.2) is 28.1 Å². The summed E-state index contributed by atoms with van der Waals surface area (Å²) >= 11 is 0. The van der Waals surface area contributed by atoms with E-state index in [9.17, 15) is 9.59 Å². The Morgan fingerprint density at radius 3 is 2.55 bits per heavy atom. The molecule has 1 atom stereocenters. The van der Waals surface area contributed by atoms with Gasteiger partial charge in [0, 0.05) is 18.4 Å². The molecule has 0 aliphatic heterocycles. The van der Waals surface area contributed by atoms with Gasteiger partial charge in [0.25, 0.3) is 0 Å². The Balaban J connectivity index is 2.45. The van der Waals surface area contributed by atoms with E-state index >= 15 is 0 Å². The van der Waals surface area contributed by atoms with Crippen LogP contribution in [0.5, 0.6) is 0 Å². The molecule has 110 valence electrons. The summed E-state index contributed by atoms with van der Waals surface area (Å²) in [4.78, 5) is 26.8. The maximum atomic E-state index is 11.7. The summed E-state index contributed by atoms with van der Waals surface area (Å²) in [6.07, 6.45) is 2.08. The maximum absolute atomic E-state index is 11.7. The van der Waals surface area contributed by atoms with Crippen LogP contribution in [0.2, 0.25) is 0 Å². The summed E-state index contributed by atoms with van der Waals surface area (Å²) in [7, 11) is 0. The van der Waals surface area contributed by atoms with E-state index in [1.165, 1.54) is 0 Å². The first-order valence-corrected chi connectivity index (χ1v) is 6.57. The molecule has 1 aromatic rings. The van der Waals surface area contributed by atoms with Crippen molar-refractivity contribution in [3.63, 3.8) is 0 Å². The second kappa shape index (κ2) is 7.47. The summed E-state index contributed by atoms with van der Waals surface area (Å²) in [6, 6.07) is 2.36. The standard InChI is InChI=1S/C14H21N3O3/c1-9(2)6-12(13(18)19)17-14(20)16-8-11-5-4-10(3)15-7-11/h4-5,7,9,12H,6,8H2,1-3H3,(H,18,19)(H2,16,17,20)/t12-/m0/s1. The van der Waals surface area contributed by atoms with Gasteiger partial charge in [-0.3, -0.25) is 4.98 Å². The highest BCUT2D eigenvalue weighted by molar-refractivity contribution is 5.82. The van der Waals surface area contributed by atoms with Crippen LogP contribution in [0.25, 0.3) is 0 Å². The molecule has 0 saturated carbocycles. The number of amides is 2. The predicted molar refractivity (Wildman–Crippen MR) is 75.2 cm³/mol. The molecule has 0 bridgehead atoms. The first kappa shape index (κ1) is 15.9. The molecule has 0 unspecified atom stereocenters. The Labute approximate surface area is 118 Å². The zero-order chi connectivity index (χ0) is 15.1. The first-order valence-electron chi connectivity index (χ1n) is 6.57. The van der Waals surface area contributed by atoms with Crippen LogP contribution in [0.1, 0.15) is 31.5 Å². The highest BCUT2D eigenvalue weighted by Crippen LogP contribution is 2.05. The van der Waals surface area contributed by atoms with Crippen molar-refractivity contribution in [1.29, 1.82) is 0 Å². The minimum atomic E-state index is -1.02. The third-order valence-electron chi connectivity index (χ3n) is 2.74. The van der Waals surface area contributed by atoms with Crippen LogP contribution >= 0.6 is 0 Å². The third-order valence-corrected chi connectivity index (χ3v) is 2.74. The molecule has 0 aliphatic rings. The van der Waals surface area contributed by atoms with Gasteiger partial charge in [-0.25, -0.2) is 9.59 Å². The van der Waals surface area contributed by atoms with Crippen molar-refractivity contribution in [1.82, 2.24) is 15.6 Å². The number of carbonyl (C=O) groups is 2. The largest absolute Gasteiger partial charge is 0.480 e. The summed E-state index contributed by atoms with van der Waals surface area (Å²) < 4.78 is 0. The molecule has 6 heteroatoms. The molecule has 1 heterocycles. The molecule has 2 amide bonds. The average Bonchev–Trinajstić information content (AvgIpc) is 2.36. The first-order chi connectivity index (χ1) is 9.38. The highest BCUT2D eigenvalue weighted by atomic mass is 16.4. The van der Waals surface area contributed by atoms with Crippen molar-refractivity contribution in [2.24, 2.45) is 5.92 Å².